The normalized spacial score (nSPS) is 10.5. The van der Waals surface area contributed by atoms with E-state index in [1.807, 2.05) is 10.7 Å². The zero-order valence-electron chi connectivity index (χ0n) is 8.59. The number of hydrogen-bond acceptors (Lipinski definition) is 4. The average Bonchev–Trinajstić information content (AvgIpc) is 2.68. The van der Waals surface area contributed by atoms with E-state index in [0.717, 1.165) is 24.2 Å². The van der Waals surface area contributed by atoms with Crippen molar-refractivity contribution in [3.05, 3.63) is 24.7 Å². The van der Waals surface area contributed by atoms with Gasteiger partial charge < -0.3 is 5.73 Å². The van der Waals surface area contributed by atoms with Gasteiger partial charge in [0.2, 0.25) is 5.95 Å². The van der Waals surface area contributed by atoms with Crippen LogP contribution >= 0.6 is 0 Å². The molecule has 0 spiro atoms. The molecule has 0 unspecified atom stereocenters. The van der Waals surface area contributed by atoms with Crippen molar-refractivity contribution in [3.63, 3.8) is 0 Å². The molecule has 5 heteroatoms. The number of aromatic nitrogens is 4. The van der Waals surface area contributed by atoms with Crippen LogP contribution in [-0.4, -0.2) is 19.7 Å². The van der Waals surface area contributed by atoms with Gasteiger partial charge in [-0.15, -0.1) is 0 Å². The number of nitrogen functional groups attached to an aromatic ring is 1. The van der Waals surface area contributed by atoms with Crippen molar-refractivity contribution in [1.82, 2.24) is 19.7 Å². The van der Waals surface area contributed by atoms with E-state index in [-0.39, 0.29) is 0 Å². The second kappa shape index (κ2) is 4.08. The van der Waals surface area contributed by atoms with Crippen LogP contribution in [-0.2, 0) is 6.54 Å². The second-order valence-electron chi connectivity index (χ2n) is 3.27. The molecule has 2 rings (SSSR count). The molecule has 0 bridgehead atoms. The summed E-state index contributed by atoms with van der Waals surface area (Å²) in [5, 5.41) is 4.23. The third-order valence-electron chi connectivity index (χ3n) is 2.12. The van der Waals surface area contributed by atoms with Crippen molar-refractivity contribution >= 4 is 5.95 Å². The molecule has 0 saturated heterocycles. The molecule has 0 radical (unpaired) electrons. The van der Waals surface area contributed by atoms with E-state index >= 15 is 0 Å². The Labute approximate surface area is 88.0 Å². The van der Waals surface area contributed by atoms with E-state index in [0.29, 0.717) is 5.95 Å². The molecule has 0 aliphatic carbocycles. The highest BCUT2D eigenvalue weighted by atomic mass is 15.3. The van der Waals surface area contributed by atoms with Crippen LogP contribution in [0.1, 0.15) is 13.3 Å². The minimum Gasteiger partial charge on any atom is -0.368 e. The van der Waals surface area contributed by atoms with Gasteiger partial charge in [0.15, 0.2) is 0 Å². The Balaban J connectivity index is 2.36. The van der Waals surface area contributed by atoms with Gasteiger partial charge in [-0.3, -0.25) is 4.68 Å². The predicted molar refractivity (Wildman–Crippen MR) is 58.0 cm³/mol. The number of hydrogen-bond donors (Lipinski definition) is 1. The lowest BCUT2D eigenvalue weighted by Gasteiger charge is -2.05. The molecule has 0 aliphatic rings. The molecular formula is C10H13N5. The smallest absolute Gasteiger partial charge is 0.219 e. The van der Waals surface area contributed by atoms with Crippen molar-refractivity contribution in [2.24, 2.45) is 0 Å². The Morgan fingerprint density at radius 2 is 2.07 bits per heavy atom. The zero-order valence-corrected chi connectivity index (χ0v) is 8.59. The third-order valence-corrected chi connectivity index (χ3v) is 2.12. The first kappa shape index (κ1) is 9.64. The third kappa shape index (κ3) is 1.96. The Morgan fingerprint density at radius 1 is 1.33 bits per heavy atom. The molecule has 0 amide bonds. The summed E-state index contributed by atoms with van der Waals surface area (Å²) in [6.07, 6.45) is 6.25. The fraction of sp³-hybridized carbons (Fsp3) is 0.300. The van der Waals surface area contributed by atoms with E-state index in [1.165, 1.54) is 0 Å². The van der Waals surface area contributed by atoms with Crippen LogP contribution in [0.5, 0.6) is 0 Å². The predicted octanol–water partition coefficient (Wildman–Crippen LogP) is 1.33. The molecule has 0 aliphatic heterocycles. The van der Waals surface area contributed by atoms with Crippen molar-refractivity contribution in [1.29, 1.82) is 0 Å². The number of rotatable bonds is 3. The van der Waals surface area contributed by atoms with Crippen molar-refractivity contribution in [3.8, 4) is 11.3 Å². The lowest BCUT2D eigenvalue weighted by Crippen LogP contribution is -2.02. The molecule has 0 fully saturated rings. The van der Waals surface area contributed by atoms with Crippen LogP contribution in [0, 0.1) is 0 Å². The number of nitrogens with zero attached hydrogens (tertiary/aromatic N) is 4. The van der Waals surface area contributed by atoms with Gasteiger partial charge in [-0.25, -0.2) is 9.97 Å². The highest BCUT2D eigenvalue weighted by Gasteiger charge is 2.05. The Hall–Kier alpha value is -1.91. The van der Waals surface area contributed by atoms with Gasteiger partial charge in [-0.2, -0.15) is 5.10 Å². The first-order chi connectivity index (χ1) is 7.31. The Kier molecular flexibility index (Phi) is 2.62. The van der Waals surface area contributed by atoms with Crippen LogP contribution in [0.4, 0.5) is 5.95 Å². The summed E-state index contributed by atoms with van der Waals surface area (Å²) in [6.45, 7) is 3.01. The molecule has 2 aromatic heterocycles. The summed E-state index contributed by atoms with van der Waals surface area (Å²) in [6, 6.07) is 1.95. The van der Waals surface area contributed by atoms with E-state index in [1.54, 1.807) is 18.6 Å². The van der Waals surface area contributed by atoms with Gasteiger partial charge in [-0.05, 0) is 12.5 Å². The summed E-state index contributed by atoms with van der Waals surface area (Å²) in [4.78, 5) is 7.92. The molecule has 2 heterocycles. The highest BCUT2D eigenvalue weighted by Crippen LogP contribution is 2.17. The Morgan fingerprint density at radius 3 is 2.73 bits per heavy atom. The van der Waals surface area contributed by atoms with Gasteiger partial charge in [-0.1, -0.05) is 6.92 Å². The molecule has 2 N–H and O–H groups in total. The largest absolute Gasteiger partial charge is 0.368 e. The maximum absolute atomic E-state index is 5.43. The SMILES string of the molecule is CCCn1nccc1-c1cnc(N)nc1. The summed E-state index contributed by atoms with van der Waals surface area (Å²) in [7, 11) is 0. The molecule has 5 nitrogen and oxygen atoms in total. The molecule has 15 heavy (non-hydrogen) atoms. The lowest BCUT2D eigenvalue weighted by molar-refractivity contribution is 0.609. The van der Waals surface area contributed by atoms with Crippen LogP contribution in [0.25, 0.3) is 11.3 Å². The summed E-state index contributed by atoms with van der Waals surface area (Å²) >= 11 is 0. The first-order valence-electron chi connectivity index (χ1n) is 4.91. The van der Waals surface area contributed by atoms with E-state index in [4.69, 9.17) is 5.73 Å². The van der Waals surface area contributed by atoms with Crippen molar-refractivity contribution in [2.45, 2.75) is 19.9 Å². The second-order valence-corrected chi connectivity index (χ2v) is 3.27. The summed E-state index contributed by atoms with van der Waals surface area (Å²) in [5.74, 6) is 0.292. The number of nitrogens with two attached hydrogens (primary N) is 1. The Bertz CT molecular complexity index is 431. The molecule has 0 atom stereocenters. The highest BCUT2D eigenvalue weighted by molar-refractivity contribution is 5.57. The van der Waals surface area contributed by atoms with Gasteiger partial charge in [0, 0.05) is 30.7 Å². The lowest BCUT2D eigenvalue weighted by atomic mass is 10.2. The minimum absolute atomic E-state index is 0.292. The monoisotopic (exact) mass is 203 g/mol. The van der Waals surface area contributed by atoms with Crippen LogP contribution in [0.15, 0.2) is 24.7 Å². The fourth-order valence-electron chi connectivity index (χ4n) is 1.44. The summed E-state index contributed by atoms with van der Waals surface area (Å²) < 4.78 is 1.94. The van der Waals surface area contributed by atoms with E-state index < -0.39 is 0 Å². The van der Waals surface area contributed by atoms with Crippen molar-refractivity contribution in [2.75, 3.05) is 5.73 Å². The topological polar surface area (TPSA) is 69.6 Å². The standard InChI is InChI=1S/C10H13N5/c1-2-5-15-9(3-4-14-15)8-6-12-10(11)13-7-8/h3-4,6-7H,2,5H2,1H3,(H2,11,12,13). The molecule has 78 valence electrons. The van der Waals surface area contributed by atoms with Gasteiger partial charge in [0.05, 0.1) is 5.69 Å². The van der Waals surface area contributed by atoms with Gasteiger partial charge >= 0.3 is 0 Å². The zero-order chi connectivity index (χ0) is 10.7. The number of aryl methyl sites for hydroxylation is 1. The maximum Gasteiger partial charge on any atom is 0.219 e. The van der Waals surface area contributed by atoms with Gasteiger partial charge in [0.25, 0.3) is 0 Å². The van der Waals surface area contributed by atoms with Crippen molar-refractivity contribution < 1.29 is 0 Å². The fourth-order valence-corrected chi connectivity index (χ4v) is 1.44. The summed E-state index contributed by atoms with van der Waals surface area (Å²) in [5.41, 5.74) is 7.40. The van der Waals surface area contributed by atoms with Crippen LogP contribution in [0.2, 0.25) is 0 Å². The van der Waals surface area contributed by atoms with Crippen LogP contribution < -0.4 is 5.73 Å². The number of anilines is 1. The average molecular weight is 203 g/mol. The minimum atomic E-state index is 0.292. The maximum atomic E-state index is 5.43. The molecular weight excluding hydrogens is 190 g/mol. The quantitative estimate of drug-likeness (QED) is 0.817. The van der Waals surface area contributed by atoms with Gasteiger partial charge in [0.1, 0.15) is 0 Å². The van der Waals surface area contributed by atoms with E-state index in [2.05, 4.69) is 22.0 Å². The molecule has 2 aromatic rings. The first-order valence-corrected chi connectivity index (χ1v) is 4.91. The van der Waals surface area contributed by atoms with E-state index in [9.17, 15) is 0 Å². The van der Waals surface area contributed by atoms with Crippen LogP contribution in [0.3, 0.4) is 0 Å². The molecule has 0 aromatic carbocycles. The molecule has 0 saturated carbocycles.